The lowest BCUT2D eigenvalue weighted by Gasteiger charge is -2.28. The summed E-state index contributed by atoms with van der Waals surface area (Å²) in [6.07, 6.45) is 1.72. The zero-order chi connectivity index (χ0) is 22.6. The monoisotopic (exact) mass is 457 g/mol. The van der Waals surface area contributed by atoms with Gasteiger partial charge in [-0.25, -0.2) is 14.4 Å². The minimum Gasteiger partial charge on any atom is -0.378 e. The number of nitriles is 1. The Morgan fingerprint density at radius 2 is 1.94 bits per heavy atom. The van der Waals surface area contributed by atoms with E-state index in [0.29, 0.717) is 11.5 Å². The molecule has 3 heterocycles. The molecule has 9 heteroatoms. The van der Waals surface area contributed by atoms with Gasteiger partial charge < -0.3 is 15.0 Å². The van der Waals surface area contributed by atoms with Crippen LogP contribution < -0.4 is 20.1 Å². The molecule has 2 aliphatic rings. The van der Waals surface area contributed by atoms with Crippen LogP contribution in [0.2, 0.25) is 0 Å². The number of hydrogen-bond donors (Lipinski definition) is 2. The van der Waals surface area contributed by atoms with Crippen LogP contribution in [0.15, 0.2) is 65.8 Å². The highest BCUT2D eigenvalue weighted by atomic mass is 32.2. The molecule has 0 radical (unpaired) electrons. The maximum absolute atomic E-state index is 9.70. The Bertz CT molecular complexity index is 1220. The molecule has 1 saturated heterocycles. The van der Waals surface area contributed by atoms with Gasteiger partial charge in [-0.2, -0.15) is 5.26 Å². The second-order valence-electron chi connectivity index (χ2n) is 7.69. The number of aromatic nitrogens is 2. The van der Waals surface area contributed by atoms with E-state index in [1.807, 2.05) is 53.1 Å². The Morgan fingerprint density at radius 1 is 1.12 bits per heavy atom. The first-order valence-corrected chi connectivity index (χ1v) is 11.5. The number of anilines is 4. The topological polar surface area (TPSA) is 89.3 Å². The van der Waals surface area contributed by atoms with Crippen LogP contribution in [0.5, 0.6) is 0 Å². The van der Waals surface area contributed by atoms with Crippen LogP contribution in [0.25, 0.3) is 11.3 Å². The molecule has 0 atom stereocenters. The van der Waals surface area contributed by atoms with Crippen molar-refractivity contribution in [1.82, 2.24) is 15.4 Å². The number of ether oxygens (including phenoxy) is 1. The number of hydrogen-bond acceptors (Lipinski definition) is 9. The summed E-state index contributed by atoms with van der Waals surface area (Å²) in [4.78, 5) is 11.3. The van der Waals surface area contributed by atoms with Crippen LogP contribution in [0.4, 0.5) is 23.0 Å². The predicted molar refractivity (Wildman–Crippen MR) is 132 cm³/mol. The minimum absolute atomic E-state index is 0.505. The Hall–Kier alpha value is -3.74. The second kappa shape index (κ2) is 9.40. The summed E-state index contributed by atoms with van der Waals surface area (Å²) < 4.78 is 7.31. The van der Waals surface area contributed by atoms with Crippen LogP contribution >= 0.6 is 11.9 Å². The molecule has 3 aromatic rings. The van der Waals surface area contributed by atoms with E-state index in [1.165, 1.54) is 17.6 Å². The molecule has 0 aliphatic carbocycles. The number of nitrogens with one attached hydrogen (secondary N) is 2. The molecule has 0 unspecified atom stereocenters. The number of morpholine rings is 1. The molecule has 0 amide bonds. The molecule has 0 bridgehead atoms. The summed E-state index contributed by atoms with van der Waals surface area (Å²) in [5.41, 5.74) is 9.35. The van der Waals surface area contributed by atoms with Gasteiger partial charge in [-0.15, -0.1) is 0 Å². The zero-order valence-electron chi connectivity index (χ0n) is 18.2. The van der Waals surface area contributed by atoms with Crippen molar-refractivity contribution in [3.8, 4) is 17.3 Å². The van der Waals surface area contributed by atoms with Crippen LogP contribution in [0.3, 0.4) is 0 Å². The first kappa shape index (κ1) is 21.1. The van der Waals surface area contributed by atoms with Gasteiger partial charge in [0.2, 0.25) is 5.95 Å². The molecule has 2 aromatic carbocycles. The van der Waals surface area contributed by atoms with E-state index in [4.69, 9.17) is 4.74 Å². The van der Waals surface area contributed by atoms with Gasteiger partial charge in [-0.05, 0) is 49.4 Å². The summed E-state index contributed by atoms with van der Waals surface area (Å²) in [7, 11) is 0. The molecule has 5 rings (SSSR count). The summed E-state index contributed by atoms with van der Waals surface area (Å²) >= 11 is 1.51. The number of allylic oxidation sites excluding steroid dienone is 1. The van der Waals surface area contributed by atoms with E-state index in [1.54, 1.807) is 6.20 Å². The number of nitrogens with zero attached hydrogens (tertiary/aromatic N) is 5. The van der Waals surface area contributed by atoms with Crippen molar-refractivity contribution in [2.75, 3.05) is 40.9 Å². The van der Waals surface area contributed by atoms with Crippen LogP contribution in [-0.2, 0) is 4.74 Å². The van der Waals surface area contributed by atoms with Crippen molar-refractivity contribution in [3.05, 3.63) is 71.4 Å². The van der Waals surface area contributed by atoms with Crippen molar-refractivity contribution in [2.24, 2.45) is 0 Å². The molecule has 0 saturated carbocycles. The summed E-state index contributed by atoms with van der Waals surface area (Å²) in [6.45, 7) is 5.32. The Kier molecular flexibility index (Phi) is 6.02. The van der Waals surface area contributed by atoms with Gasteiger partial charge in [0.15, 0.2) is 0 Å². The third-order valence-electron chi connectivity index (χ3n) is 5.40. The third-order valence-corrected chi connectivity index (χ3v) is 6.36. The summed E-state index contributed by atoms with van der Waals surface area (Å²) in [5, 5.41) is 15.0. The molecule has 8 nitrogen and oxygen atoms in total. The fourth-order valence-electron chi connectivity index (χ4n) is 3.71. The second-order valence-corrected chi connectivity index (χ2v) is 8.50. The number of benzene rings is 2. The Morgan fingerprint density at radius 3 is 2.67 bits per heavy atom. The third kappa shape index (κ3) is 4.72. The first-order valence-electron chi connectivity index (χ1n) is 10.7. The largest absolute Gasteiger partial charge is 0.378 e. The maximum atomic E-state index is 9.70. The molecule has 2 aliphatic heterocycles. The van der Waals surface area contributed by atoms with Gasteiger partial charge in [0.25, 0.3) is 0 Å². The van der Waals surface area contributed by atoms with E-state index in [0.717, 1.165) is 54.6 Å². The molecule has 166 valence electrons. The average molecular weight is 458 g/mol. The van der Waals surface area contributed by atoms with E-state index in [-0.39, 0.29) is 0 Å². The van der Waals surface area contributed by atoms with Gasteiger partial charge in [0, 0.05) is 59.3 Å². The van der Waals surface area contributed by atoms with E-state index in [2.05, 4.69) is 43.8 Å². The number of rotatable bonds is 5. The van der Waals surface area contributed by atoms with Gasteiger partial charge in [0.1, 0.15) is 6.07 Å². The Labute approximate surface area is 197 Å². The summed E-state index contributed by atoms with van der Waals surface area (Å²) in [6, 6.07) is 18.1. The summed E-state index contributed by atoms with van der Waals surface area (Å²) in [5.74, 6) is 0.505. The van der Waals surface area contributed by atoms with Gasteiger partial charge in [-0.3, -0.25) is 5.43 Å². The highest BCUT2D eigenvalue weighted by molar-refractivity contribution is 8.03. The SMILES string of the molecule is CC1=CSN(c2ccc(-c3ccnc(Nc4ccc(N5CCOCC5)cc4)n3)cc2C#N)N1. The lowest BCUT2D eigenvalue weighted by Crippen LogP contribution is -2.36. The number of hydrazine groups is 1. The predicted octanol–water partition coefficient (Wildman–Crippen LogP) is 4.43. The molecule has 1 aromatic heterocycles. The van der Waals surface area contributed by atoms with E-state index < -0.39 is 0 Å². The minimum atomic E-state index is 0.505. The maximum Gasteiger partial charge on any atom is 0.227 e. The van der Waals surface area contributed by atoms with Gasteiger partial charge in [0.05, 0.1) is 30.2 Å². The molecular weight excluding hydrogens is 434 g/mol. The lowest BCUT2D eigenvalue weighted by molar-refractivity contribution is 0.122. The fraction of sp³-hybridized carbons (Fsp3) is 0.208. The highest BCUT2D eigenvalue weighted by Gasteiger charge is 2.17. The van der Waals surface area contributed by atoms with Crippen molar-refractivity contribution in [1.29, 1.82) is 5.26 Å². The van der Waals surface area contributed by atoms with Crippen molar-refractivity contribution in [2.45, 2.75) is 6.92 Å². The van der Waals surface area contributed by atoms with Crippen LogP contribution in [0, 0.1) is 11.3 Å². The standard InChI is InChI=1S/C24H23N7OS/c1-17-16-33-31(29-17)23-7-2-18(14-19(23)15-25)22-8-9-26-24(28-22)27-20-3-5-21(6-4-20)30-10-12-32-13-11-30/h2-9,14,16,29H,10-13H2,1H3,(H,26,27,28). The van der Waals surface area contributed by atoms with E-state index in [9.17, 15) is 5.26 Å². The quantitative estimate of drug-likeness (QED) is 0.540. The molecular formula is C24H23N7OS. The smallest absolute Gasteiger partial charge is 0.227 e. The molecule has 33 heavy (non-hydrogen) atoms. The van der Waals surface area contributed by atoms with Crippen LogP contribution in [-0.4, -0.2) is 36.3 Å². The van der Waals surface area contributed by atoms with Crippen molar-refractivity contribution in [3.63, 3.8) is 0 Å². The van der Waals surface area contributed by atoms with Crippen molar-refractivity contribution >= 4 is 35.0 Å². The normalized spacial score (nSPS) is 15.6. The lowest BCUT2D eigenvalue weighted by atomic mass is 10.1. The molecule has 2 N–H and O–H groups in total. The van der Waals surface area contributed by atoms with Crippen molar-refractivity contribution < 1.29 is 4.74 Å². The van der Waals surface area contributed by atoms with Gasteiger partial charge in [-0.1, -0.05) is 6.07 Å². The van der Waals surface area contributed by atoms with Gasteiger partial charge >= 0.3 is 0 Å². The van der Waals surface area contributed by atoms with Crippen LogP contribution in [0.1, 0.15) is 12.5 Å². The average Bonchev–Trinajstić information content (AvgIpc) is 3.31. The molecule has 1 fully saturated rings. The Balaban J connectivity index is 1.32. The van der Waals surface area contributed by atoms with E-state index >= 15 is 0 Å². The first-order chi connectivity index (χ1) is 16.2. The highest BCUT2D eigenvalue weighted by Crippen LogP contribution is 2.32. The fourth-order valence-corrected chi connectivity index (χ4v) is 4.50. The molecule has 0 spiro atoms. The zero-order valence-corrected chi connectivity index (χ0v) is 19.0.